The smallest absolute Gasteiger partial charge is 0.318 e. The maximum atomic E-state index is 12.3. The molecule has 0 unspecified atom stereocenters. The third-order valence-corrected chi connectivity index (χ3v) is 4.70. The van der Waals surface area contributed by atoms with Crippen molar-refractivity contribution >= 4 is 11.9 Å². The topological polar surface area (TPSA) is 71.1 Å². The molecule has 0 aromatic carbocycles. The monoisotopic (exact) mass is 292 g/mol. The first-order chi connectivity index (χ1) is 10.0. The van der Waals surface area contributed by atoms with Gasteiger partial charge in [-0.3, -0.25) is 9.59 Å². The molecule has 6 nitrogen and oxygen atoms in total. The summed E-state index contributed by atoms with van der Waals surface area (Å²) in [5, 5.41) is 0. The minimum Gasteiger partial charge on any atom is -0.431 e. The van der Waals surface area contributed by atoms with Crippen LogP contribution in [0.1, 0.15) is 20.3 Å². The number of fused-ring (bicyclic) bond motifs is 1. The van der Waals surface area contributed by atoms with Crippen molar-refractivity contribution < 1.29 is 28.5 Å². The Morgan fingerprint density at radius 1 is 0.905 bits per heavy atom. The van der Waals surface area contributed by atoms with Crippen LogP contribution >= 0.6 is 0 Å². The zero-order valence-corrected chi connectivity index (χ0v) is 11.9. The fourth-order valence-electron chi connectivity index (χ4n) is 4.05. The molecular weight excluding hydrogens is 276 g/mol. The molecule has 0 bridgehead atoms. The zero-order valence-electron chi connectivity index (χ0n) is 11.9. The Balaban J connectivity index is 1.95. The minimum absolute atomic E-state index is 0.453. The van der Waals surface area contributed by atoms with Crippen LogP contribution in [-0.4, -0.2) is 36.4 Å². The molecule has 0 N–H and O–H groups in total. The SMILES string of the molecule is CC1=C[C@@]23OCCCO[C@@]24C=C(C)OC(=O)[C@H]4[C@H]3C(=O)O1. The summed E-state index contributed by atoms with van der Waals surface area (Å²) in [6.45, 7) is 4.36. The summed E-state index contributed by atoms with van der Waals surface area (Å²) in [5.41, 5.74) is -1.93. The van der Waals surface area contributed by atoms with Gasteiger partial charge in [0.15, 0.2) is 0 Å². The van der Waals surface area contributed by atoms with Gasteiger partial charge < -0.3 is 18.9 Å². The lowest BCUT2D eigenvalue weighted by Gasteiger charge is -2.64. The van der Waals surface area contributed by atoms with E-state index in [4.69, 9.17) is 18.9 Å². The average molecular weight is 292 g/mol. The first-order valence-electron chi connectivity index (χ1n) is 7.10. The summed E-state index contributed by atoms with van der Waals surface area (Å²) in [7, 11) is 0. The Morgan fingerprint density at radius 3 is 1.76 bits per heavy atom. The lowest BCUT2D eigenvalue weighted by atomic mass is 9.48. The highest BCUT2D eigenvalue weighted by atomic mass is 16.6. The van der Waals surface area contributed by atoms with Gasteiger partial charge in [0.2, 0.25) is 0 Å². The van der Waals surface area contributed by atoms with Crippen LogP contribution in [0.3, 0.4) is 0 Å². The van der Waals surface area contributed by atoms with Gasteiger partial charge in [-0.25, -0.2) is 0 Å². The molecule has 2 fully saturated rings. The number of hydrogen-bond acceptors (Lipinski definition) is 6. The maximum Gasteiger partial charge on any atom is 0.318 e. The third kappa shape index (κ3) is 1.39. The molecule has 0 radical (unpaired) electrons. The molecule has 3 heterocycles. The average Bonchev–Trinajstić information content (AvgIpc) is 2.50. The van der Waals surface area contributed by atoms with Gasteiger partial charge >= 0.3 is 11.9 Å². The molecule has 4 aliphatic rings. The molecule has 4 atom stereocenters. The number of hydrogen-bond donors (Lipinski definition) is 0. The van der Waals surface area contributed by atoms with Crippen LogP contribution in [0, 0.1) is 11.8 Å². The van der Waals surface area contributed by atoms with Crippen molar-refractivity contribution in [2.24, 2.45) is 11.8 Å². The Bertz CT molecular complexity index is 553. The van der Waals surface area contributed by atoms with Gasteiger partial charge in [-0.2, -0.15) is 0 Å². The fourth-order valence-corrected chi connectivity index (χ4v) is 4.05. The van der Waals surface area contributed by atoms with Gasteiger partial charge in [0.25, 0.3) is 0 Å². The second kappa shape index (κ2) is 3.96. The summed E-state index contributed by atoms with van der Waals surface area (Å²) < 4.78 is 22.4. The van der Waals surface area contributed by atoms with Crippen molar-refractivity contribution in [2.45, 2.75) is 31.5 Å². The third-order valence-electron chi connectivity index (χ3n) is 4.70. The maximum absolute atomic E-state index is 12.3. The van der Waals surface area contributed by atoms with E-state index >= 15 is 0 Å². The van der Waals surface area contributed by atoms with Gasteiger partial charge in [0.1, 0.15) is 34.6 Å². The first kappa shape index (κ1) is 13.0. The molecule has 0 amide bonds. The second-order valence-corrected chi connectivity index (χ2v) is 5.94. The molecular formula is C15H16O6. The van der Waals surface area contributed by atoms with Crippen LogP contribution in [0.15, 0.2) is 23.7 Å². The Hall–Kier alpha value is -1.66. The zero-order chi connectivity index (χ0) is 14.8. The molecule has 1 saturated carbocycles. The van der Waals surface area contributed by atoms with Crippen molar-refractivity contribution in [3.63, 3.8) is 0 Å². The van der Waals surface area contributed by atoms with E-state index in [-0.39, 0.29) is 0 Å². The normalized spacial score (nSPS) is 44.7. The number of allylic oxidation sites excluding steroid dienone is 2. The van der Waals surface area contributed by atoms with Crippen molar-refractivity contribution in [2.75, 3.05) is 13.2 Å². The highest BCUT2D eigenvalue weighted by Gasteiger charge is 2.80. The largest absolute Gasteiger partial charge is 0.431 e. The fraction of sp³-hybridized carbons (Fsp3) is 0.600. The van der Waals surface area contributed by atoms with Crippen molar-refractivity contribution in [1.29, 1.82) is 0 Å². The quantitative estimate of drug-likeness (QED) is 0.622. The van der Waals surface area contributed by atoms with Crippen LogP contribution < -0.4 is 0 Å². The van der Waals surface area contributed by atoms with Crippen LogP contribution in [0.2, 0.25) is 0 Å². The predicted octanol–water partition coefficient (Wildman–Crippen LogP) is 1.07. The second-order valence-electron chi connectivity index (χ2n) is 5.94. The Labute approximate surface area is 121 Å². The minimum atomic E-state index is -0.964. The van der Waals surface area contributed by atoms with Crippen LogP contribution in [-0.2, 0) is 28.5 Å². The molecule has 6 heteroatoms. The van der Waals surface area contributed by atoms with Crippen molar-refractivity contribution in [3.05, 3.63) is 23.7 Å². The summed E-state index contributed by atoms with van der Waals surface area (Å²) in [6.07, 6.45) is 4.28. The van der Waals surface area contributed by atoms with E-state index in [2.05, 4.69) is 0 Å². The lowest BCUT2D eigenvalue weighted by Crippen LogP contribution is -2.81. The number of rotatable bonds is 0. The number of esters is 2. The molecule has 21 heavy (non-hydrogen) atoms. The summed E-state index contributed by atoms with van der Waals surface area (Å²) in [4.78, 5) is 24.6. The van der Waals surface area contributed by atoms with Gasteiger partial charge in [-0.1, -0.05) is 0 Å². The number of carbonyl (C=O) groups excluding carboxylic acids is 2. The molecule has 3 aliphatic heterocycles. The predicted molar refractivity (Wildman–Crippen MR) is 68.7 cm³/mol. The van der Waals surface area contributed by atoms with E-state index in [1.165, 1.54) is 0 Å². The number of cyclic esters (lactones) is 2. The van der Waals surface area contributed by atoms with Crippen LogP contribution in [0.4, 0.5) is 0 Å². The van der Waals surface area contributed by atoms with Gasteiger partial charge in [0.05, 0.1) is 13.2 Å². The van der Waals surface area contributed by atoms with E-state index in [1.807, 2.05) is 0 Å². The highest BCUT2D eigenvalue weighted by molar-refractivity contribution is 5.92. The van der Waals surface area contributed by atoms with Crippen molar-refractivity contribution in [1.82, 2.24) is 0 Å². The van der Waals surface area contributed by atoms with Crippen molar-refractivity contribution in [3.8, 4) is 0 Å². The van der Waals surface area contributed by atoms with E-state index in [0.717, 1.165) is 0 Å². The van der Waals surface area contributed by atoms with Crippen LogP contribution in [0.5, 0.6) is 0 Å². The van der Waals surface area contributed by atoms with E-state index in [1.54, 1.807) is 26.0 Å². The highest BCUT2D eigenvalue weighted by Crippen LogP contribution is 2.63. The van der Waals surface area contributed by atoms with Crippen LogP contribution in [0.25, 0.3) is 0 Å². The van der Waals surface area contributed by atoms with E-state index < -0.39 is 35.0 Å². The number of ether oxygens (including phenoxy) is 4. The first-order valence-corrected chi connectivity index (χ1v) is 7.10. The van der Waals surface area contributed by atoms with E-state index in [9.17, 15) is 9.59 Å². The lowest BCUT2D eigenvalue weighted by molar-refractivity contribution is -0.285. The van der Waals surface area contributed by atoms with E-state index in [0.29, 0.717) is 31.2 Å². The molecule has 2 spiro atoms. The molecule has 1 saturated heterocycles. The Morgan fingerprint density at radius 2 is 1.33 bits per heavy atom. The molecule has 0 aromatic heterocycles. The standard InChI is InChI=1S/C15H16O6/c1-8-6-14-10(12(16)20-8)11-13(17)21-9(2)7-15(11,14)19-5-3-4-18-14/h6-7,10-11H,3-5H2,1-2H3/t10-,11+,14-,15+. The molecule has 112 valence electrons. The van der Waals surface area contributed by atoms with Gasteiger partial charge in [0, 0.05) is 0 Å². The molecule has 4 rings (SSSR count). The van der Waals surface area contributed by atoms with Gasteiger partial charge in [-0.15, -0.1) is 0 Å². The summed E-state index contributed by atoms with van der Waals surface area (Å²) >= 11 is 0. The summed E-state index contributed by atoms with van der Waals surface area (Å²) in [6, 6.07) is 0. The summed E-state index contributed by atoms with van der Waals surface area (Å²) in [5.74, 6) is -1.38. The Kier molecular flexibility index (Phi) is 2.45. The molecule has 0 aromatic rings. The number of carbonyl (C=O) groups is 2. The van der Waals surface area contributed by atoms with Gasteiger partial charge in [-0.05, 0) is 32.4 Å². The molecule has 1 aliphatic carbocycles.